The SMILES string of the molecule is Cc1cc(C(C)(C)N)ccc1NC(=O)OC(C)(C)C. The molecule has 0 spiro atoms. The smallest absolute Gasteiger partial charge is 0.412 e. The maximum absolute atomic E-state index is 11.7. The van der Waals surface area contributed by atoms with Gasteiger partial charge in [0.25, 0.3) is 0 Å². The molecule has 4 heteroatoms. The number of carbonyl (C=O) groups is 1. The highest BCUT2D eigenvalue weighted by Gasteiger charge is 2.18. The van der Waals surface area contributed by atoms with Gasteiger partial charge in [-0.2, -0.15) is 0 Å². The van der Waals surface area contributed by atoms with Gasteiger partial charge < -0.3 is 10.5 Å². The lowest BCUT2D eigenvalue weighted by Crippen LogP contribution is -2.29. The lowest BCUT2D eigenvalue weighted by Gasteiger charge is -2.22. The second-order valence-electron chi connectivity index (χ2n) is 6.38. The molecule has 0 bridgehead atoms. The summed E-state index contributed by atoms with van der Waals surface area (Å²) in [6.07, 6.45) is -0.449. The molecule has 1 amide bonds. The summed E-state index contributed by atoms with van der Waals surface area (Å²) < 4.78 is 5.22. The van der Waals surface area contributed by atoms with E-state index in [1.54, 1.807) is 0 Å². The number of nitrogens with two attached hydrogens (primary N) is 1. The van der Waals surface area contributed by atoms with Crippen LogP contribution in [0.2, 0.25) is 0 Å². The fourth-order valence-electron chi connectivity index (χ4n) is 1.62. The Bertz CT molecular complexity index is 468. The Balaban J connectivity index is 2.84. The van der Waals surface area contributed by atoms with E-state index in [1.807, 2.05) is 59.7 Å². The highest BCUT2D eigenvalue weighted by atomic mass is 16.6. The van der Waals surface area contributed by atoms with Crippen LogP contribution in [0, 0.1) is 6.92 Å². The van der Waals surface area contributed by atoms with Crippen LogP contribution in [-0.2, 0) is 10.3 Å². The van der Waals surface area contributed by atoms with Gasteiger partial charge in [0.1, 0.15) is 5.60 Å². The van der Waals surface area contributed by atoms with Crippen LogP contribution in [-0.4, -0.2) is 11.7 Å². The molecule has 19 heavy (non-hydrogen) atoms. The first-order valence-corrected chi connectivity index (χ1v) is 6.39. The Labute approximate surface area is 115 Å². The maximum Gasteiger partial charge on any atom is 0.412 e. The molecule has 0 heterocycles. The summed E-state index contributed by atoms with van der Waals surface area (Å²) in [7, 11) is 0. The molecule has 106 valence electrons. The summed E-state index contributed by atoms with van der Waals surface area (Å²) in [5.74, 6) is 0. The number of anilines is 1. The van der Waals surface area contributed by atoms with Crippen LogP contribution >= 0.6 is 0 Å². The van der Waals surface area contributed by atoms with Crippen LogP contribution in [0.25, 0.3) is 0 Å². The van der Waals surface area contributed by atoms with E-state index in [9.17, 15) is 4.79 Å². The van der Waals surface area contributed by atoms with Crippen LogP contribution in [0.1, 0.15) is 45.7 Å². The lowest BCUT2D eigenvalue weighted by atomic mass is 9.94. The van der Waals surface area contributed by atoms with Crippen molar-refractivity contribution in [3.63, 3.8) is 0 Å². The third-order valence-electron chi connectivity index (χ3n) is 2.61. The van der Waals surface area contributed by atoms with Crippen LogP contribution in [0.5, 0.6) is 0 Å². The second-order valence-corrected chi connectivity index (χ2v) is 6.38. The summed E-state index contributed by atoms with van der Waals surface area (Å²) in [6, 6.07) is 5.75. The van der Waals surface area contributed by atoms with E-state index in [0.717, 1.165) is 16.8 Å². The predicted octanol–water partition coefficient (Wildman–Crippen LogP) is 3.54. The Morgan fingerprint density at radius 3 is 2.21 bits per heavy atom. The van der Waals surface area contributed by atoms with Crippen molar-refractivity contribution in [3.8, 4) is 0 Å². The molecule has 0 aliphatic rings. The van der Waals surface area contributed by atoms with Crippen molar-refractivity contribution in [1.29, 1.82) is 0 Å². The van der Waals surface area contributed by atoms with Gasteiger partial charge in [0.2, 0.25) is 0 Å². The zero-order valence-corrected chi connectivity index (χ0v) is 12.6. The van der Waals surface area contributed by atoms with Gasteiger partial charge in [-0.1, -0.05) is 12.1 Å². The number of nitrogens with one attached hydrogen (secondary N) is 1. The number of hydrogen-bond donors (Lipinski definition) is 2. The molecule has 0 saturated heterocycles. The van der Waals surface area contributed by atoms with Gasteiger partial charge in [-0.3, -0.25) is 5.32 Å². The zero-order valence-electron chi connectivity index (χ0n) is 12.6. The standard InChI is InChI=1S/C15H24N2O2/c1-10-9-11(15(5,6)16)7-8-12(10)17-13(18)19-14(2,3)4/h7-9H,16H2,1-6H3,(H,17,18). The van der Waals surface area contributed by atoms with E-state index in [1.165, 1.54) is 0 Å². The Hall–Kier alpha value is -1.55. The van der Waals surface area contributed by atoms with Gasteiger partial charge in [0.15, 0.2) is 0 Å². The quantitative estimate of drug-likeness (QED) is 0.858. The maximum atomic E-state index is 11.7. The molecule has 3 N–H and O–H groups in total. The fourth-order valence-corrected chi connectivity index (χ4v) is 1.62. The largest absolute Gasteiger partial charge is 0.444 e. The van der Waals surface area contributed by atoms with Crippen molar-refractivity contribution in [2.45, 2.75) is 52.7 Å². The van der Waals surface area contributed by atoms with Crippen LogP contribution in [0.3, 0.4) is 0 Å². The summed E-state index contributed by atoms with van der Waals surface area (Å²) in [6.45, 7) is 11.3. The molecule has 0 aliphatic carbocycles. The van der Waals surface area contributed by atoms with Crippen molar-refractivity contribution in [2.75, 3.05) is 5.32 Å². The van der Waals surface area contributed by atoms with E-state index in [0.29, 0.717) is 0 Å². The van der Waals surface area contributed by atoms with Crippen molar-refractivity contribution in [2.24, 2.45) is 5.73 Å². The number of amides is 1. The number of carbonyl (C=O) groups excluding carboxylic acids is 1. The van der Waals surface area contributed by atoms with E-state index in [-0.39, 0.29) is 0 Å². The van der Waals surface area contributed by atoms with Gasteiger partial charge >= 0.3 is 6.09 Å². The predicted molar refractivity (Wildman–Crippen MR) is 78.2 cm³/mol. The van der Waals surface area contributed by atoms with Crippen LogP contribution in [0.4, 0.5) is 10.5 Å². The average molecular weight is 264 g/mol. The topological polar surface area (TPSA) is 64.3 Å². The van der Waals surface area contributed by atoms with Gasteiger partial charge in [0, 0.05) is 11.2 Å². The minimum atomic E-state index is -0.503. The van der Waals surface area contributed by atoms with Crippen molar-refractivity contribution < 1.29 is 9.53 Å². The molecule has 4 nitrogen and oxygen atoms in total. The van der Waals surface area contributed by atoms with Gasteiger partial charge in [-0.25, -0.2) is 4.79 Å². The molecule has 1 rings (SSSR count). The minimum Gasteiger partial charge on any atom is -0.444 e. The number of hydrogen-bond acceptors (Lipinski definition) is 3. The van der Waals surface area contributed by atoms with Gasteiger partial charge in [0.05, 0.1) is 0 Å². The molecule has 0 aromatic heterocycles. The zero-order chi connectivity index (χ0) is 14.8. The van der Waals surface area contributed by atoms with Crippen molar-refractivity contribution in [3.05, 3.63) is 29.3 Å². The Kier molecular flexibility index (Phi) is 4.25. The minimum absolute atomic E-state index is 0.394. The number of aryl methyl sites for hydroxylation is 1. The first kappa shape index (κ1) is 15.5. The highest BCUT2D eigenvalue weighted by molar-refractivity contribution is 5.86. The monoisotopic (exact) mass is 264 g/mol. The van der Waals surface area contributed by atoms with Crippen LogP contribution in [0.15, 0.2) is 18.2 Å². The Morgan fingerprint density at radius 1 is 1.21 bits per heavy atom. The second kappa shape index (κ2) is 5.21. The average Bonchev–Trinajstić information content (AvgIpc) is 2.16. The first-order valence-electron chi connectivity index (χ1n) is 6.39. The molecule has 1 aromatic carbocycles. The molecule has 0 atom stereocenters. The summed E-state index contributed by atoms with van der Waals surface area (Å²) in [5, 5.41) is 2.74. The van der Waals surface area contributed by atoms with Gasteiger partial charge in [-0.15, -0.1) is 0 Å². The summed E-state index contributed by atoms with van der Waals surface area (Å²) in [5.41, 5.74) is 7.88. The third kappa shape index (κ3) is 4.91. The first-order chi connectivity index (χ1) is 8.49. The lowest BCUT2D eigenvalue weighted by molar-refractivity contribution is 0.0636. The molecule has 0 radical (unpaired) electrons. The molecule has 0 fully saturated rings. The third-order valence-corrected chi connectivity index (χ3v) is 2.61. The normalized spacial score (nSPS) is 12.2. The van der Waals surface area contributed by atoms with Crippen molar-refractivity contribution >= 4 is 11.8 Å². The Morgan fingerprint density at radius 2 is 1.79 bits per heavy atom. The number of ether oxygens (including phenoxy) is 1. The van der Waals surface area contributed by atoms with Crippen molar-refractivity contribution in [1.82, 2.24) is 0 Å². The fraction of sp³-hybridized carbons (Fsp3) is 0.533. The van der Waals surface area contributed by atoms with Crippen LogP contribution < -0.4 is 11.1 Å². The highest BCUT2D eigenvalue weighted by Crippen LogP contribution is 2.23. The molecule has 0 unspecified atom stereocenters. The van der Waals surface area contributed by atoms with E-state index >= 15 is 0 Å². The van der Waals surface area contributed by atoms with E-state index in [4.69, 9.17) is 10.5 Å². The summed E-state index contributed by atoms with van der Waals surface area (Å²) >= 11 is 0. The van der Waals surface area contributed by atoms with Gasteiger partial charge in [-0.05, 0) is 58.7 Å². The molecular formula is C15H24N2O2. The van der Waals surface area contributed by atoms with E-state index < -0.39 is 17.2 Å². The van der Waals surface area contributed by atoms with E-state index in [2.05, 4.69) is 5.32 Å². The molecule has 0 saturated carbocycles. The molecular weight excluding hydrogens is 240 g/mol. The number of rotatable bonds is 2. The number of benzene rings is 1. The molecule has 0 aliphatic heterocycles. The molecule has 1 aromatic rings. The summed E-state index contributed by atoms with van der Waals surface area (Å²) in [4.78, 5) is 11.7.